The molecule has 5 atom stereocenters. The molecule has 0 unspecified atom stereocenters. The van der Waals surface area contributed by atoms with Crippen molar-refractivity contribution in [2.24, 2.45) is 17.6 Å². The average Bonchev–Trinajstić information content (AvgIpc) is 3.87. The molecule has 2 saturated heterocycles. The minimum Gasteiger partial charge on any atom is -0.394 e. The third kappa shape index (κ3) is 14.1. The fraction of sp³-hybridized carbons (Fsp3) is 0.262. The zero-order valence-electron chi connectivity index (χ0n) is 39.9. The van der Waals surface area contributed by atoms with Crippen molar-refractivity contribution in [3.05, 3.63) is 228 Å². The summed E-state index contributed by atoms with van der Waals surface area (Å²) in [6.07, 6.45) is 2.71. The van der Waals surface area contributed by atoms with Crippen LogP contribution in [-0.2, 0) is 32.0 Å². The van der Waals surface area contributed by atoms with Gasteiger partial charge in [0.15, 0.2) is 0 Å². The molecule has 0 spiro atoms. The Morgan fingerprint density at radius 3 is 1.60 bits per heavy atom. The predicted molar refractivity (Wildman–Crippen MR) is 275 cm³/mol. The van der Waals surface area contributed by atoms with Crippen LogP contribution < -0.4 is 5.73 Å². The number of aryl methyl sites for hydroxylation is 1. The van der Waals surface area contributed by atoms with Crippen LogP contribution in [0.3, 0.4) is 0 Å². The molecule has 7 heteroatoms. The lowest BCUT2D eigenvalue weighted by atomic mass is 9.94. The van der Waals surface area contributed by atoms with E-state index < -0.39 is 5.72 Å². The highest BCUT2D eigenvalue weighted by atomic mass is 16.5. The summed E-state index contributed by atoms with van der Waals surface area (Å²) < 4.78 is 6.40. The van der Waals surface area contributed by atoms with Crippen LogP contribution in [-0.4, -0.2) is 46.4 Å². The summed E-state index contributed by atoms with van der Waals surface area (Å²) in [6.45, 7) is 8.34. The molecule has 0 aromatic heterocycles. The Bertz CT molecular complexity index is 2590. The van der Waals surface area contributed by atoms with Crippen LogP contribution in [0.1, 0.15) is 79.9 Å². The first-order valence-corrected chi connectivity index (χ1v) is 23.8. The minimum atomic E-state index is -0.536. The van der Waals surface area contributed by atoms with Gasteiger partial charge in [0.05, 0.1) is 25.3 Å². The summed E-state index contributed by atoms with van der Waals surface area (Å²) in [7, 11) is 0. The van der Waals surface area contributed by atoms with Gasteiger partial charge in [-0.3, -0.25) is 14.4 Å². The van der Waals surface area contributed by atoms with Gasteiger partial charge in [0.25, 0.3) is 0 Å². The van der Waals surface area contributed by atoms with Crippen molar-refractivity contribution in [2.75, 3.05) is 13.2 Å². The summed E-state index contributed by atoms with van der Waals surface area (Å²) in [6, 6.07) is 67.1. The SMILES string of the molecule is CCC(=O)[C@H](C)CC(=O)Cc1ccc(-c2ccccc2)cc1.C[C@@H]1C[C@]2(Cc3ccc(-c4ccccc4)cc3)OC[C@@H](c3ccccc3)N2C1=O.Cc1ccccc1.N[C@@H](CO)c1ccccc1. The van der Waals surface area contributed by atoms with Gasteiger partial charge in [-0.2, -0.15) is 0 Å². The largest absolute Gasteiger partial charge is 0.394 e. The minimum absolute atomic E-state index is 0.00255. The first-order chi connectivity index (χ1) is 33.0. The molecule has 0 radical (unpaired) electrons. The summed E-state index contributed by atoms with van der Waals surface area (Å²) in [4.78, 5) is 38.7. The summed E-state index contributed by atoms with van der Waals surface area (Å²) >= 11 is 0. The molecule has 3 N–H and O–H groups in total. The predicted octanol–water partition coefficient (Wildman–Crippen LogP) is 12.4. The zero-order valence-corrected chi connectivity index (χ0v) is 39.9. The van der Waals surface area contributed by atoms with Crippen LogP contribution in [0.4, 0.5) is 0 Å². The number of amides is 1. The van der Waals surface area contributed by atoms with E-state index in [1.165, 1.54) is 27.8 Å². The van der Waals surface area contributed by atoms with E-state index in [9.17, 15) is 14.4 Å². The summed E-state index contributed by atoms with van der Waals surface area (Å²) in [5.41, 5.74) is 15.4. The van der Waals surface area contributed by atoms with Gasteiger partial charge >= 0.3 is 0 Å². The summed E-state index contributed by atoms with van der Waals surface area (Å²) in [5, 5.41) is 8.66. The number of carbonyl (C=O) groups is 3. The third-order valence-corrected chi connectivity index (χ3v) is 12.5. The number of Topliss-reactive ketones (excluding diaryl/α,β-unsaturated/α-hetero) is 2. The van der Waals surface area contributed by atoms with Crippen molar-refractivity contribution in [1.82, 2.24) is 4.90 Å². The average molecular weight is 907 g/mol. The number of ketones is 2. The van der Waals surface area contributed by atoms with E-state index in [4.69, 9.17) is 15.6 Å². The van der Waals surface area contributed by atoms with Gasteiger partial charge in [-0.25, -0.2) is 0 Å². The molecule has 7 aromatic rings. The topological polar surface area (TPSA) is 110 Å². The number of nitrogens with zero attached hydrogens (tertiary/aromatic N) is 1. The van der Waals surface area contributed by atoms with Gasteiger partial charge in [0.1, 0.15) is 17.3 Å². The van der Waals surface area contributed by atoms with E-state index in [1.54, 1.807) is 0 Å². The number of hydrogen-bond donors (Lipinski definition) is 2. The number of benzene rings is 7. The molecule has 68 heavy (non-hydrogen) atoms. The highest BCUT2D eigenvalue weighted by Gasteiger charge is 2.57. The molecular formula is C61H66N2O5. The highest BCUT2D eigenvalue weighted by Crippen LogP contribution is 2.48. The van der Waals surface area contributed by atoms with Crippen molar-refractivity contribution in [1.29, 1.82) is 0 Å². The third-order valence-electron chi connectivity index (χ3n) is 12.5. The molecule has 0 bridgehead atoms. The van der Waals surface area contributed by atoms with Gasteiger partial charge in [0.2, 0.25) is 5.91 Å². The van der Waals surface area contributed by atoms with Gasteiger partial charge < -0.3 is 20.5 Å². The normalized spacial score (nSPS) is 17.7. The number of aliphatic hydroxyl groups is 1. The quantitative estimate of drug-likeness (QED) is 0.119. The second-order valence-electron chi connectivity index (χ2n) is 17.8. The van der Waals surface area contributed by atoms with E-state index in [1.807, 2.05) is 141 Å². The first kappa shape index (κ1) is 50.6. The Labute approximate surface area is 403 Å². The standard InChI is InChI=1S/C26H25NO2.C20H22O2.C8H11NO.C7H8/c1-19-16-26(17-20-12-14-22(15-13-20)21-8-4-2-5-9-21)27(25(19)28)24(18-29-26)23-10-6-3-7-11-23;1-3-20(22)15(2)13-19(21)14-16-9-11-18(12-10-16)17-7-5-4-6-8-17;9-8(6-10)7-4-2-1-3-5-7;1-7-5-3-2-4-6-7/h2-15,19,24H,16-18H2,1H3;4-12,15H,3,13-14H2,1-2H3;1-5,8,10H,6,9H2;2-6H,1H3/t19-,24+,26-;15-;8-;/m110./s1. The van der Waals surface area contributed by atoms with Crippen LogP contribution in [0.15, 0.2) is 200 Å². The number of rotatable bonds is 13. The lowest BCUT2D eigenvalue weighted by Gasteiger charge is -2.33. The fourth-order valence-electron chi connectivity index (χ4n) is 8.76. The second kappa shape index (κ2) is 25.4. The number of aliphatic hydroxyl groups excluding tert-OH is 1. The van der Waals surface area contributed by atoms with Gasteiger partial charge in [-0.15, -0.1) is 0 Å². The molecule has 9 rings (SSSR count). The zero-order chi connectivity index (χ0) is 48.3. The molecule has 350 valence electrons. The van der Waals surface area contributed by atoms with Crippen LogP contribution in [0.2, 0.25) is 0 Å². The first-order valence-electron chi connectivity index (χ1n) is 23.8. The summed E-state index contributed by atoms with van der Waals surface area (Å²) in [5.74, 6) is 0.318. The lowest BCUT2D eigenvalue weighted by Crippen LogP contribution is -2.44. The Morgan fingerprint density at radius 1 is 0.676 bits per heavy atom. The number of nitrogens with two attached hydrogens (primary N) is 1. The van der Waals surface area contributed by atoms with E-state index in [2.05, 4.69) is 91.9 Å². The van der Waals surface area contributed by atoms with Crippen molar-refractivity contribution in [3.8, 4) is 22.3 Å². The van der Waals surface area contributed by atoms with E-state index >= 15 is 0 Å². The maximum Gasteiger partial charge on any atom is 0.228 e. The van der Waals surface area contributed by atoms with Crippen LogP contribution >= 0.6 is 0 Å². The van der Waals surface area contributed by atoms with Gasteiger partial charge in [0, 0.05) is 43.9 Å². The molecule has 2 aliphatic heterocycles. The molecule has 2 fully saturated rings. The molecule has 0 saturated carbocycles. The number of hydrogen-bond acceptors (Lipinski definition) is 6. The molecule has 2 aliphatic rings. The maximum absolute atomic E-state index is 13.1. The van der Waals surface area contributed by atoms with Crippen molar-refractivity contribution in [2.45, 2.75) is 77.6 Å². The molecule has 0 aliphatic carbocycles. The number of fused-ring (bicyclic) bond motifs is 1. The smallest absolute Gasteiger partial charge is 0.228 e. The van der Waals surface area contributed by atoms with E-state index in [-0.39, 0.29) is 48.0 Å². The monoisotopic (exact) mass is 906 g/mol. The molecule has 7 aromatic carbocycles. The van der Waals surface area contributed by atoms with Crippen molar-refractivity contribution in [3.63, 3.8) is 0 Å². The van der Waals surface area contributed by atoms with Gasteiger partial charge in [-0.1, -0.05) is 227 Å². The maximum atomic E-state index is 13.1. The number of ether oxygens (including phenoxy) is 1. The Kier molecular flexibility index (Phi) is 18.9. The van der Waals surface area contributed by atoms with Crippen LogP contribution in [0.25, 0.3) is 22.3 Å². The Balaban J connectivity index is 0.000000170. The Hall–Kier alpha value is -6.77. The van der Waals surface area contributed by atoms with Gasteiger partial charge in [-0.05, 0) is 51.4 Å². The fourth-order valence-corrected chi connectivity index (χ4v) is 8.76. The van der Waals surface area contributed by atoms with E-state index in [0.717, 1.165) is 35.1 Å². The van der Waals surface area contributed by atoms with Crippen molar-refractivity contribution >= 4 is 17.5 Å². The molecule has 1 amide bonds. The Morgan fingerprint density at radius 2 is 1.13 bits per heavy atom. The van der Waals surface area contributed by atoms with Crippen molar-refractivity contribution < 1.29 is 24.2 Å². The number of carbonyl (C=O) groups excluding carboxylic acids is 3. The van der Waals surface area contributed by atoms with Crippen LogP contribution in [0, 0.1) is 18.8 Å². The van der Waals surface area contributed by atoms with Crippen LogP contribution in [0.5, 0.6) is 0 Å². The second-order valence-corrected chi connectivity index (χ2v) is 17.8. The molecule has 7 nitrogen and oxygen atoms in total. The molecule has 2 heterocycles. The molecular weight excluding hydrogens is 841 g/mol. The highest BCUT2D eigenvalue weighted by molar-refractivity contribution is 5.88. The lowest BCUT2D eigenvalue weighted by molar-refractivity contribution is -0.139. The van der Waals surface area contributed by atoms with E-state index in [0.29, 0.717) is 25.9 Å².